The molecule has 4 N–H and O–H groups in total. The lowest BCUT2D eigenvalue weighted by molar-refractivity contribution is -0.147. The minimum atomic E-state index is -4.76. The first-order valence-corrected chi connectivity index (χ1v) is 23.2. The van der Waals surface area contributed by atoms with Crippen LogP contribution in [0.15, 0.2) is 48.6 Å². The van der Waals surface area contributed by atoms with Crippen LogP contribution in [0.2, 0.25) is 0 Å². The van der Waals surface area contributed by atoms with Crippen molar-refractivity contribution in [1.82, 2.24) is 5.32 Å². The van der Waals surface area contributed by atoms with Gasteiger partial charge in [-0.3, -0.25) is 18.6 Å². The molecule has 0 aromatic heterocycles. The molecule has 324 valence electrons. The number of unbranched alkanes of at least 4 members (excludes halogenated alkanes) is 18. The quantitative estimate of drug-likeness (QED) is 0.0202. The summed E-state index contributed by atoms with van der Waals surface area (Å²) in [4.78, 5) is 45.9. The molecule has 0 aliphatic carbocycles. The molecule has 11 nitrogen and oxygen atoms in total. The van der Waals surface area contributed by atoms with Crippen molar-refractivity contribution in [1.29, 1.82) is 0 Å². The predicted octanol–water partition coefficient (Wildman–Crippen LogP) is 11.0. The summed E-state index contributed by atoms with van der Waals surface area (Å²) in [6.07, 6.45) is 42.7. The Kier molecular flexibility index (Phi) is 37.5. The number of amides is 1. The maximum absolute atomic E-state index is 12.3. The highest BCUT2D eigenvalue weighted by Gasteiger charge is 2.28. The van der Waals surface area contributed by atoms with E-state index >= 15 is 0 Å². The zero-order valence-corrected chi connectivity index (χ0v) is 35.8. The summed E-state index contributed by atoms with van der Waals surface area (Å²) in [5.41, 5.74) is 0. The Labute approximate surface area is 339 Å². The lowest BCUT2D eigenvalue weighted by Crippen LogP contribution is -2.43. The van der Waals surface area contributed by atoms with E-state index in [4.69, 9.17) is 13.8 Å². The van der Waals surface area contributed by atoms with Gasteiger partial charge in [-0.15, -0.1) is 0 Å². The Morgan fingerprint density at radius 1 is 0.589 bits per heavy atom. The second-order valence-electron chi connectivity index (χ2n) is 14.5. The van der Waals surface area contributed by atoms with Crippen molar-refractivity contribution >= 4 is 25.7 Å². The van der Waals surface area contributed by atoms with Crippen LogP contribution < -0.4 is 5.32 Å². The highest BCUT2D eigenvalue weighted by molar-refractivity contribution is 7.47. The first kappa shape index (κ1) is 53.4. The fourth-order valence-corrected chi connectivity index (χ4v) is 6.51. The number of phosphoric ester groups is 1. The number of phosphoric acid groups is 1. The maximum atomic E-state index is 12.3. The zero-order chi connectivity index (χ0) is 41.4. The third-order valence-electron chi connectivity index (χ3n) is 9.10. The summed E-state index contributed by atoms with van der Waals surface area (Å²) < 4.78 is 26.8. The molecule has 3 unspecified atom stereocenters. The molecule has 0 aliphatic heterocycles. The molecular formula is C44H78NO10P. The standard InChI is InChI=1S/C44H78NO10P/c1-3-5-7-9-11-13-15-17-19-20-22-23-25-27-29-31-33-35-42(47)45-41(44(49)50)39-55-56(51,52)54-38-40(46)37-53-43(48)36-34-32-30-28-26-24-21-18-16-14-12-10-8-6-4-2/h6,8,12,14,17-19,21,40-41,46H,3-5,7,9-11,13,15-16,20,22-39H2,1-2H3,(H,45,47)(H,49,50)(H,51,52)/b8-6-,14-12-,19-17-,21-18-. The number of rotatable bonds is 40. The molecule has 0 rings (SSSR count). The van der Waals surface area contributed by atoms with Crippen LogP contribution in [0, 0.1) is 0 Å². The van der Waals surface area contributed by atoms with E-state index in [-0.39, 0.29) is 12.8 Å². The first-order valence-electron chi connectivity index (χ1n) is 21.7. The molecule has 0 aromatic rings. The van der Waals surface area contributed by atoms with Crippen molar-refractivity contribution in [3.8, 4) is 0 Å². The van der Waals surface area contributed by atoms with Crippen molar-refractivity contribution in [2.24, 2.45) is 0 Å². The number of aliphatic hydroxyl groups is 1. The number of carboxylic acids is 1. The van der Waals surface area contributed by atoms with Gasteiger partial charge in [0.15, 0.2) is 6.04 Å². The van der Waals surface area contributed by atoms with Crippen LogP contribution >= 0.6 is 7.82 Å². The van der Waals surface area contributed by atoms with E-state index in [9.17, 15) is 34.1 Å². The van der Waals surface area contributed by atoms with Gasteiger partial charge in [-0.25, -0.2) is 9.36 Å². The molecule has 0 bridgehead atoms. The smallest absolute Gasteiger partial charge is 0.472 e. The first-order chi connectivity index (χ1) is 27.1. The summed E-state index contributed by atoms with van der Waals surface area (Å²) >= 11 is 0. The second kappa shape index (κ2) is 39.3. The van der Waals surface area contributed by atoms with Gasteiger partial charge in [0, 0.05) is 12.8 Å². The molecule has 0 saturated carbocycles. The molecule has 0 heterocycles. The molecule has 12 heteroatoms. The fraction of sp³-hybridized carbons (Fsp3) is 0.750. The molecule has 0 saturated heterocycles. The van der Waals surface area contributed by atoms with Crippen molar-refractivity contribution < 1.29 is 47.8 Å². The Balaban J connectivity index is 3.94. The summed E-state index contributed by atoms with van der Waals surface area (Å²) in [6, 6.07) is -1.55. The zero-order valence-electron chi connectivity index (χ0n) is 34.9. The summed E-state index contributed by atoms with van der Waals surface area (Å²) in [5.74, 6) is -2.40. The van der Waals surface area contributed by atoms with Crippen molar-refractivity contribution in [2.45, 2.75) is 193 Å². The molecule has 0 aliphatic rings. The van der Waals surface area contributed by atoms with Crippen LogP contribution in [-0.2, 0) is 32.7 Å². The average molecular weight is 812 g/mol. The number of carbonyl (C=O) groups is 3. The molecular weight excluding hydrogens is 733 g/mol. The Bertz CT molecular complexity index is 1140. The minimum absolute atomic E-state index is 0.139. The maximum Gasteiger partial charge on any atom is 0.472 e. The van der Waals surface area contributed by atoms with Gasteiger partial charge in [0.05, 0.1) is 13.2 Å². The van der Waals surface area contributed by atoms with Crippen molar-refractivity contribution in [3.05, 3.63) is 48.6 Å². The predicted molar refractivity (Wildman–Crippen MR) is 226 cm³/mol. The number of hydrogen-bond donors (Lipinski definition) is 4. The SMILES string of the molecule is CC/C=C\C/C=C\C/C=C\CCCCCCCC(=O)OCC(O)COP(=O)(O)OCC(NC(=O)CCCCCCCCC/C=C\CCCCCCCC)C(=O)O. The van der Waals surface area contributed by atoms with Crippen LogP contribution in [0.4, 0.5) is 0 Å². The third-order valence-corrected chi connectivity index (χ3v) is 10.1. The van der Waals surface area contributed by atoms with Gasteiger partial charge in [0.1, 0.15) is 12.7 Å². The van der Waals surface area contributed by atoms with E-state index in [0.717, 1.165) is 83.5 Å². The lowest BCUT2D eigenvalue weighted by Gasteiger charge is -2.18. The fourth-order valence-electron chi connectivity index (χ4n) is 5.74. The van der Waals surface area contributed by atoms with E-state index in [2.05, 4.69) is 67.8 Å². The van der Waals surface area contributed by atoms with E-state index in [1.54, 1.807) is 0 Å². The van der Waals surface area contributed by atoms with Gasteiger partial charge in [0.2, 0.25) is 5.91 Å². The number of aliphatic hydroxyl groups excluding tert-OH is 1. The highest BCUT2D eigenvalue weighted by atomic mass is 31.2. The summed E-state index contributed by atoms with van der Waals surface area (Å²) in [7, 11) is -4.76. The Hall–Kier alpha value is -2.56. The number of carbonyl (C=O) groups excluding carboxylic acids is 2. The normalized spacial score (nSPS) is 14.2. The minimum Gasteiger partial charge on any atom is -0.480 e. The number of nitrogens with one attached hydrogen (secondary N) is 1. The highest BCUT2D eigenvalue weighted by Crippen LogP contribution is 2.43. The van der Waals surface area contributed by atoms with E-state index in [1.807, 2.05) is 0 Å². The number of allylic oxidation sites excluding steroid dienone is 8. The van der Waals surface area contributed by atoms with E-state index in [1.165, 1.54) is 57.8 Å². The van der Waals surface area contributed by atoms with Crippen LogP contribution in [0.25, 0.3) is 0 Å². The molecule has 56 heavy (non-hydrogen) atoms. The van der Waals surface area contributed by atoms with Gasteiger partial charge in [-0.05, 0) is 70.6 Å². The summed E-state index contributed by atoms with van der Waals surface area (Å²) in [5, 5.41) is 21.8. The van der Waals surface area contributed by atoms with Gasteiger partial charge in [0.25, 0.3) is 0 Å². The number of esters is 1. The van der Waals surface area contributed by atoms with Gasteiger partial charge < -0.3 is 25.2 Å². The molecule has 1 amide bonds. The van der Waals surface area contributed by atoms with E-state index in [0.29, 0.717) is 12.8 Å². The number of ether oxygens (including phenoxy) is 1. The van der Waals surface area contributed by atoms with Crippen LogP contribution in [0.1, 0.15) is 181 Å². The summed E-state index contributed by atoms with van der Waals surface area (Å²) in [6.45, 7) is 2.45. The molecule has 3 atom stereocenters. The molecule has 0 radical (unpaired) electrons. The molecule has 0 spiro atoms. The Morgan fingerprint density at radius 2 is 1.04 bits per heavy atom. The lowest BCUT2D eigenvalue weighted by atomic mass is 10.1. The third kappa shape index (κ3) is 38.3. The topological polar surface area (TPSA) is 169 Å². The second-order valence-corrected chi connectivity index (χ2v) is 16.0. The average Bonchev–Trinajstić information content (AvgIpc) is 3.17. The van der Waals surface area contributed by atoms with Gasteiger partial charge in [-0.1, -0.05) is 146 Å². The van der Waals surface area contributed by atoms with Gasteiger partial charge in [-0.2, -0.15) is 0 Å². The van der Waals surface area contributed by atoms with Crippen molar-refractivity contribution in [2.75, 3.05) is 19.8 Å². The van der Waals surface area contributed by atoms with Crippen LogP contribution in [0.3, 0.4) is 0 Å². The van der Waals surface area contributed by atoms with Crippen LogP contribution in [0.5, 0.6) is 0 Å². The monoisotopic (exact) mass is 812 g/mol. The Morgan fingerprint density at radius 3 is 1.57 bits per heavy atom. The number of carboxylic acid groups (broad SMARTS) is 1. The largest absolute Gasteiger partial charge is 0.480 e. The van der Waals surface area contributed by atoms with E-state index < -0.39 is 57.6 Å². The molecule has 0 fully saturated rings. The van der Waals surface area contributed by atoms with Gasteiger partial charge >= 0.3 is 19.8 Å². The van der Waals surface area contributed by atoms with Crippen molar-refractivity contribution in [3.63, 3.8) is 0 Å². The number of hydrogen-bond acceptors (Lipinski definition) is 8. The molecule has 0 aromatic carbocycles. The number of aliphatic carboxylic acids is 1. The van der Waals surface area contributed by atoms with Crippen LogP contribution in [-0.4, -0.2) is 64.9 Å².